The van der Waals surface area contributed by atoms with Crippen molar-refractivity contribution in [1.82, 2.24) is 9.88 Å². The molecule has 0 bridgehead atoms. The van der Waals surface area contributed by atoms with Crippen molar-refractivity contribution in [3.8, 4) is 11.1 Å². The number of rotatable bonds is 5. The standard InChI is InChI=1S/C26H27N3O2/c1-28(25(30)15-18-12-14-29(17-18)26(31)20-4-5-20)23-9-6-19(7-10-23)21-8-11-24-22(16-21)3-2-13-27-24/h2-3,6-11,13,16,18,20H,4-5,12,14-15,17H2,1H3/t18-/m0/s1. The van der Waals surface area contributed by atoms with E-state index in [4.69, 9.17) is 0 Å². The number of aromatic nitrogens is 1. The van der Waals surface area contributed by atoms with Gasteiger partial charge in [0.15, 0.2) is 0 Å². The molecule has 5 rings (SSSR count). The van der Waals surface area contributed by atoms with Gasteiger partial charge in [-0.25, -0.2) is 0 Å². The predicted octanol–water partition coefficient (Wildman–Crippen LogP) is 4.51. The van der Waals surface area contributed by atoms with Crippen LogP contribution in [-0.2, 0) is 9.59 Å². The van der Waals surface area contributed by atoms with E-state index in [9.17, 15) is 9.59 Å². The Balaban J connectivity index is 1.22. The summed E-state index contributed by atoms with van der Waals surface area (Å²) in [5.74, 6) is 0.927. The topological polar surface area (TPSA) is 53.5 Å². The van der Waals surface area contributed by atoms with Crippen LogP contribution in [0.4, 0.5) is 5.69 Å². The Labute approximate surface area is 182 Å². The van der Waals surface area contributed by atoms with Gasteiger partial charge in [0.25, 0.3) is 0 Å². The van der Waals surface area contributed by atoms with Gasteiger partial charge >= 0.3 is 0 Å². The maximum absolute atomic E-state index is 12.8. The number of anilines is 1. The summed E-state index contributed by atoms with van der Waals surface area (Å²) in [5.41, 5.74) is 4.12. The zero-order valence-corrected chi connectivity index (χ0v) is 17.8. The van der Waals surface area contributed by atoms with E-state index >= 15 is 0 Å². The molecular weight excluding hydrogens is 386 g/mol. The third-order valence-electron chi connectivity index (χ3n) is 6.55. The van der Waals surface area contributed by atoms with Crippen LogP contribution in [0.5, 0.6) is 0 Å². The molecule has 2 fully saturated rings. The van der Waals surface area contributed by atoms with Crippen LogP contribution in [0.1, 0.15) is 25.7 Å². The van der Waals surface area contributed by atoms with Crippen LogP contribution in [0.25, 0.3) is 22.0 Å². The number of amides is 2. The fraction of sp³-hybridized carbons (Fsp3) is 0.346. The molecule has 5 nitrogen and oxygen atoms in total. The lowest BCUT2D eigenvalue weighted by molar-refractivity contribution is -0.131. The normalized spacial score (nSPS) is 18.4. The molecule has 1 saturated carbocycles. The highest BCUT2D eigenvalue weighted by atomic mass is 16.2. The van der Waals surface area contributed by atoms with E-state index in [1.807, 2.05) is 36.2 Å². The van der Waals surface area contributed by atoms with Gasteiger partial charge in [0.05, 0.1) is 5.52 Å². The van der Waals surface area contributed by atoms with Crippen molar-refractivity contribution >= 4 is 28.4 Å². The Hall–Kier alpha value is -3.21. The summed E-state index contributed by atoms with van der Waals surface area (Å²) in [5, 5.41) is 1.11. The lowest BCUT2D eigenvalue weighted by Crippen LogP contribution is -2.32. The molecule has 0 unspecified atom stereocenters. The number of likely N-dealkylation sites (tertiary alicyclic amines) is 1. The third-order valence-corrected chi connectivity index (χ3v) is 6.55. The molecule has 2 amide bonds. The molecule has 0 N–H and O–H groups in total. The number of hydrogen-bond acceptors (Lipinski definition) is 3. The zero-order chi connectivity index (χ0) is 21.4. The number of carbonyl (C=O) groups is 2. The van der Waals surface area contributed by atoms with Crippen LogP contribution in [-0.4, -0.2) is 41.8 Å². The van der Waals surface area contributed by atoms with Crippen molar-refractivity contribution < 1.29 is 9.59 Å². The lowest BCUT2D eigenvalue weighted by atomic mass is 10.0. The van der Waals surface area contributed by atoms with Crippen LogP contribution < -0.4 is 4.90 Å². The van der Waals surface area contributed by atoms with Gasteiger partial charge in [-0.05, 0) is 66.6 Å². The maximum Gasteiger partial charge on any atom is 0.227 e. The number of hydrogen-bond donors (Lipinski definition) is 0. The van der Waals surface area contributed by atoms with Crippen molar-refractivity contribution in [3.63, 3.8) is 0 Å². The second-order valence-electron chi connectivity index (χ2n) is 8.83. The number of nitrogens with zero attached hydrogens (tertiary/aromatic N) is 3. The molecule has 2 heterocycles. The molecule has 1 saturated heterocycles. The van der Waals surface area contributed by atoms with Gasteiger partial charge in [0.2, 0.25) is 11.8 Å². The van der Waals surface area contributed by atoms with Crippen LogP contribution in [0.2, 0.25) is 0 Å². The molecule has 3 aromatic rings. The molecule has 158 valence electrons. The Morgan fingerprint density at radius 2 is 1.81 bits per heavy atom. The van der Waals surface area contributed by atoms with Crippen molar-refractivity contribution in [1.29, 1.82) is 0 Å². The van der Waals surface area contributed by atoms with Crippen LogP contribution in [0.3, 0.4) is 0 Å². The molecule has 1 aliphatic carbocycles. The molecule has 1 aliphatic heterocycles. The second-order valence-corrected chi connectivity index (χ2v) is 8.83. The highest BCUT2D eigenvalue weighted by Gasteiger charge is 2.37. The van der Waals surface area contributed by atoms with E-state index < -0.39 is 0 Å². The highest BCUT2D eigenvalue weighted by Crippen LogP contribution is 2.33. The first-order valence-electron chi connectivity index (χ1n) is 11.1. The van der Waals surface area contributed by atoms with E-state index in [0.717, 1.165) is 60.1 Å². The van der Waals surface area contributed by atoms with Crippen LogP contribution >= 0.6 is 0 Å². The van der Waals surface area contributed by atoms with Crippen LogP contribution in [0.15, 0.2) is 60.8 Å². The van der Waals surface area contributed by atoms with E-state index in [1.54, 1.807) is 11.1 Å². The molecule has 2 aliphatic rings. The first-order valence-corrected chi connectivity index (χ1v) is 11.1. The first kappa shape index (κ1) is 19.7. The molecule has 0 radical (unpaired) electrons. The first-order chi connectivity index (χ1) is 15.1. The Morgan fingerprint density at radius 3 is 2.58 bits per heavy atom. The Morgan fingerprint density at radius 1 is 1.03 bits per heavy atom. The van der Waals surface area contributed by atoms with Crippen molar-refractivity contribution in [3.05, 3.63) is 60.8 Å². The molecule has 2 aromatic carbocycles. The van der Waals surface area contributed by atoms with E-state index in [-0.39, 0.29) is 17.7 Å². The summed E-state index contributed by atoms with van der Waals surface area (Å²) in [7, 11) is 1.83. The minimum absolute atomic E-state index is 0.107. The van der Waals surface area contributed by atoms with Crippen molar-refractivity contribution in [2.24, 2.45) is 11.8 Å². The molecule has 5 heteroatoms. The molecule has 1 atom stereocenters. The quantitative estimate of drug-likeness (QED) is 0.618. The second kappa shape index (κ2) is 8.14. The Bertz CT molecular complexity index is 1120. The number of pyridine rings is 1. The van der Waals surface area contributed by atoms with Gasteiger partial charge < -0.3 is 9.80 Å². The smallest absolute Gasteiger partial charge is 0.227 e. The van der Waals surface area contributed by atoms with Gasteiger partial charge in [0.1, 0.15) is 0 Å². The highest BCUT2D eigenvalue weighted by molar-refractivity contribution is 5.93. The van der Waals surface area contributed by atoms with E-state index in [1.165, 1.54) is 0 Å². The Kier molecular flexibility index (Phi) is 5.18. The molecule has 31 heavy (non-hydrogen) atoms. The monoisotopic (exact) mass is 413 g/mol. The van der Waals surface area contributed by atoms with Gasteiger partial charge in [-0.15, -0.1) is 0 Å². The van der Waals surface area contributed by atoms with Gasteiger partial charge in [-0.3, -0.25) is 14.6 Å². The number of carbonyl (C=O) groups excluding carboxylic acids is 2. The summed E-state index contributed by atoms with van der Waals surface area (Å²) in [6.45, 7) is 1.53. The molecular formula is C26H27N3O2. The third kappa shape index (κ3) is 4.18. The van der Waals surface area contributed by atoms with Crippen molar-refractivity contribution in [2.45, 2.75) is 25.7 Å². The fourth-order valence-electron chi connectivity index (χ4n) is 4.45. The number of benzene rings is 2. The SMILES string of the molecule is CN(C(=O)C[C@@H]1CCN(C(=O)C2CC2)C1)c1ccc(-c2ccc3ncccc3c2)cc1. The van der Waals surface area contributed by atoms with Gasteiger partial charge in [0, 0.05) is 49.7 Å². The summed E-state index contributed by atoms with van der Waals surface area (Å²) >= 11 is 0. The summed E-state index contributed by atoms with van der Waals surface area (Å²) in [6.07, 6.45) is 5.29. The van der Waals surface area contributed by atoms with E-state index in [2.05, 4.69) is 35.3 Å². The lowest BCUT2D eigenvalue weighted by Gasteiger charge is -2.20. The average Bonchev–Trinajstić information content (AvgIpc) is 3.56. The summed E-state index contributed by atoms with van der Waals surface area (Å²) in [6, 6.07) is 18.4. The number of fused-ring (bicyclic) bond motifs is 1. The fourth-order valence-corrected chi connectivity index (χ4v) is 4.45. The minimum atomic E-state index is 0.107. The maximum atomic E-state index is 12.8. The van der Waals surface area contributed by atoms with Crippen LogP contribution in [0, 0.1) is 11.8 Å². The summed E-state index contributed by atoms with van der Waals surface area (Å²) < 4.78 is 0. The molecule has 0 spiro atoms. The zero-order valence-electron chi connectivity index (χ0n) is 17.8. The van der Waals surface area contributed by atoms with Crippen molar-refractivity contribution in [2.75, 3.05) is 25.0 Å². The average molecular weight is 414 g/mol. The minimum Gasteiger partial charge on any atom is -0.342 e. The van der Waals surface area contributed by atoms with E-state index in [0.29, 0.717) is 12.3 Å². The summed E-state index contributed by atoms with van der Waals surface area (Å²) in [4.78, 5) is 33.2. The largest absolute Gasteiger partial charge is 0.342 e. The van der Waals surface area contributed by atoms with Gasteiger partial charge in [-0.1, -0.05) is 24.3 Å². The predicted molar refractivity (Wildman–Crippen MR) is 123 cm³/mol. The molecule has 1 aromatic heterocycles. The van der Waals surface area contributed by atoms with Gasteiger partial charge in [-0.2, -0.15) is 0 Å².